The number of likely N-dealkylation sites (N-methyl/N-ethyl adjacent to an activating group) is 2. The Morgan fingerprint density at radius 3 is 2.75 bits per heavy atom. The Bertz CT molecular complexity index is 379. The second-order valence-electron chi connectivity index (χ2n) is 3.79. The Morgan fingerprint density at radius 1 is 1.50 bits per heavy atom. The van der Waals surface area contributed by atoms with E-state index in [4.69, 9.17) is 11.6 Å². The van der Waals surface area contributed by atoms with E-state index < -0.39 is 0 Å². The fourth-order valence-corrected chi connectivity index (χ4v) is 1.51. The van der Waals surface area contributed by atoms with Crippen molar-refractivity contribution >= 4 is 17.5 Å². The standard InChI is InChI=1S/C12H17ClN2O/c1-9-4-5-10(8-11(9)13)12(16)15(3)7-6-14-2/h4-5,8,14H,6-7H2,1-3H3. The van der Waals surface area contributed by atoms with Crippen molar-refractivity contribution in [2.75, 3.05) is 27.2 Å². The third-order valence-electron chi connectivity index (χ3n) is 2.46. The van der Waals surface area contributed by atoms with E-state index in [0.717, 1.165) is 12.1 Å². The van der Waals surface area contributed by atoms with Gasteiger partial charge in [-0.3, -0.25) is 4.79 Å². The zero-order valence-corrected chi connectivity index (χ0v) is 10.6. The Balaban J connectivity index is 2.76. The van der Waals surface area contributed by atoms with Crippen LogP contribution in [-0.2, 0) is 0 Å². The first-order valence-electron chi connectivity index (χ1n) is 5.22. The fraction of sp³-hybridized carbons (Fsp3) is 0.417. The maximum absolute atomic E-state index is 12.0. The van der Waals surface area contributed by atoms with Gasteiger partial charge in [-0.15, -0.1) is 0 Å². The molecule has 1 rings (SSSR count). The summed E-state index contributed by atoms with van der Waals surface area (Å²) in [5, 5.41) is 3.64. The zero-order valence-electron chi connectivity index (χ0n) is 9.88. The second-order valence-corrected chi connectivity index (χ2v) is 4.20. The van der Waals surface area contributed by atoms with Crippen molar-refractivity contribution in [3.05, 3.63) is 34.3 Å². The average Bonchev–Trinajstić information content (AvgIpc) is 2.28. The molecule has 16 heavy (non-hydrogen) atoms. The van der Waals surface area contributed by atoms with Crippen LogP contribution in [0.3, 0.4) is 0 Å². The van der Waals surface area contributed by atoms with E-state index in [2.05, 4.69) is 5.32 Å². The molecule has 0 bridgehead atoms. The molecule has 0 aliphatic rings. The Kier molecular flexibility index (Phi) is 4.77. The number of hydrogen-bond acceptors (Lipinski definition) is 2. The number of hydrogen-bond donors (Lipinski definition) is 1. The van der Waals surface area contributed by atoms with Gasteiger partial charge in [-0.2, -0.15) is 0 Å². The van der Waals surface area contributed by atoms with Crippen LogP contribution in [0.1, 0.15) is 15.9 Å². The Hall–Kier alpha value is -1.06. The molecule has 0 fully saturated rings. The lowest BCUT2D eigenvalue weighted by Gasteiger charge is -2.17. The average molecular weight is 241 g/mol. The summed E-state index contributed by atoms with van der Waals surface area (Å²) in [6.07, 6.45) is 0. The largest absolute Gasteiger partial charge is 0.340 e. The minimum Gasteiger partial charge on any atom is -0.340 e. The molecule has 0 heterocycles. The number of nitrogens with zero attached hydrogens (tertiary/aromatic N) is 1. The molecule has 88 valence electrons. The minimum absolute atomic E-state index is 0.00264. The third kappa shape index (κ3) is 3.22. The molecular weight excluding hydrogens is 224 g/mol. The zero-order chi connectivity index (χ0) is 12.1. The van der Waals surface area contributed by atoms with Gasteiger partial charge in [0.15, 0.2) is 0 Å². The third-order valence-corrected chi connectivity index (χ3v) is 2.87. The van der Waals surface area contributed by atoms with Crippen molar-refractivity contribution in [3.8, 4) is 0 Å². The van der Waals surface area contributed by atoms with Crippen LogP contribution in [-0.4, -0.2) is 38.0 Å². The molecule has 0 unspecified atom stereocenters. The van der Waals surface area contributed by atoms with Gasteiger partial charge < -0.3 is 10.2 Å². The molecule has 0 saturated heterocycles. The lowest BCUT2D eigenvalue weighted by Crippen LogP contribution is -2.32. The number of halogens is 1. The Morgan fingerprint density at radius 2 is 2.19 bits per heavy atom. The molecule has 0 spiro atoms. The summed E-state index contributed by atoms with van der Waals surface area (Å²) >= 11 is 5.98. The normalized spacial score (nSPS) is 10.2. The van der Waals surface area contributed by atoms with Gasteiger partial charge in [0.1, 0.15) is 0 Å². The number of aryl methyl sites for hydroxylation is 1. The summed E-state index contributed by atoms with van der Waals surface area (Å²) in [5.41, 5.74) is 1.62. The lowest BCUT2D eigenvalue weighted by molar-refractivity contribution is 0.0797. The molecule has 3 nitrogen and oxygen atoms in total. The monoisotopic (exact) mass is 240 g/mol. The number of rotatable bonds is 4. The van der Waals surface area contributed by atoms with Crippen LogP contribution >= 0.6 is 11.6 Å². The van der Waals surface area contributed by atoms with E-state index in [-0.39, 0.29) is 5.91 Å². The number of carbonyl (C=O) groups is 1. The molecule has 1 amide bonds. The number of nitrogens with one attached hydrogen (secondary N) is 1. The predicted octanol–water partition coefficient (Wildman–Crippen LogP) is 1.94. The summed E-state index contributed by atoms with van der Waals surface area (Å²) in [4.78, 5) is 13.6. The van der Waals surface area contributed by atoms with Crippen molar-refractivity contribution < 1.29 is 4.79 Å². The molecule has 1 aromatic carbocycles. The van der Waals surface area contributed by atoms with Gasteiger partial charge >= 0.3 is 0 Å². The van der Waals surface area contributed by atoms with Crippen LogP contribution in [0.5, 0.6) is 0 Å². The van der Waals surface area contributed by atoms with Gasteiger partial charge in [0.05, 0.1) is 0 Å². The molecular formula is C12H17ClN2O. The summed E-state index contributed by atoms with van der Waals surface area (Å²) in [6, 6.07) is 5.38. The number of benzene rings is 1. The maximum atomic E-state index is 12.0. The van der Waals surface area contributed by atoms with Crippen molar-refractivity contribution in [2.45, 2.75) is 6.92 Å². The van der Waals surface area contributed by atoms with E-state index >= 15 is 0 Å². The lowest BCUT2D eigenvalue weighted by atomic mass is 10.1. The first kappa shape index (κ1) is 13.0. The fourth-order valence-electron chi connectivity index (χ4n) is 1.33. The first-order valence-corrected chi connectivity index (χ1v) is 5.60. The van der Waals surface area contributed by atoms with Crippen LogP contribution in [0.15, 0.2) is 18.2 Å². The van der Waals surface area contributed by atoms with Crippen molar-refractivity contribution in [2.24, 2.45) is 0 Å². The van der Waals surface area contributed by atoms with Crippen LogP contribution in [0.25, 0.3) is 0 Å². The molecule has 0 atom stereocenters. The van der Waals surface area contributed by atoms with Crippen molar-refractivity contribution in [1.29, 1.82) is 0 Å². The highest BCUT2D eigenvalue weighted by Crippen LogP contribution is 2.17. The summed E-state index contributed by atoms with van der Waals surface area (Å²) in [7, 11) is 3.65. The van der Waals surface area contributed by atoms with Gasteiger partial charge in [-0.1, -0.05) is 17.7 Å². The predicted molar refractivity (Wildman–Crippen MR) is 67.1 cm³/mol. The van der Waals surface area contributed by atoms with Crippen LogP contribution < -0.4 is 5.32 Å². The summed E-state index contributed by atoms with van der Waals surface area (Å²) in [6.45, 7) is 3.38. The quantitative estimate of drug-likeness (QED) is 0.873. The molecule has 0 aliphatic heterocycles. The highest BCUT2D eigenvalue weighted by molar-refractivity contribution is 6.31. The molecule has 1 aromatic rings. The summed E-state index contributed by atoms with van der Waals surface area (Å²) < 4.78 is 0. The molecule has 1 N–H and O–H groups in total. The Labute approximate surface area is 101 Å². The molecule has 4 heteroatoms. The first-order chi connectivity index (χ1) is 7.56. The minimum atomic E-state index is -0.00264. The van der Waals surface area contributed by atoms with Crippen LogP contribution in [0.2, 0.25) is 5.02 Å². The smallest absolute Gasteiger partial charge is 0.253 e. The van der Waals surface area contributed by atoms with Gasteiger partial charge in [0.2, 0.25) is 0 Å². The van der Waals surface area contributed by atoms with Gasteiger partial charge in [-0.05, 0) is 31.7 Å². The van der Waals surface area contributed by atoms with Gasteiger partial charge in [-0.25, -0.2) is 0 Å². The SMILES string of the molecule is CNCCN(C)C(=O)c1ccc(C)c(Cl)c1. The van der Waals surface area contributed by atoms with Crippen molar-refractivity contribution in [1.82, 2.24) is 10.2 Å². The molecule has 0 saturated carbocycles. The molecule has 0 radical (unpaired) electrons. The second kappa shape index (κ2) is 5.87. The van der Waals surface area contributed by atoms with Gasteiger partial charge in [0, 0.05) is 30.7 Å². The molecule has 0 aromatic heterocycles. The van der Waals surface area contributed by atoms with E-state index in [0.29, 0.717) is 17.1 Å². The molecule has 0 aliphatic carbocycles. The van der Waals surface area contributed by atoms with Crippen molar-refractivity contribution in [3.63, 3.8) is 0 Å². The maximum Gasteiger partial charge on any atom is 0.253 e. The topological polar surface area (TPSA) is 32.3 Å². The van der Waals surface area contributed by atoms with E-state index in [1.807, 2.05) is 20.0 Å². The highest BCUT2D eigenvalue weighted by atomic mass is 35.5. The van der Waals surface area contributed by atoms with Crippen LogP contribution in [0.4, 0.5) is 0 Å². The van der Waals surface area contributed by atoms with E-state index in [1.165, 1.54) is 0 Å². The van der Waals surface area contributed by atoms with E-state index in [1.54, 1.807) is 24.1 Å². The number of amides is 1. The van der Waals surface area contributed by atoms with Crippen LogP contribution in [0, 0.1) is 6.92 Å². The summed E-state index contributed by atoms with van der Waals surface area (Å²) in [5.74, 6) is -0.00264. The highest BCUT2D eigenvalue weighted by Gasteiger charge is 2.11. The van der Waals surface area contributed by atoms with E-state index in [9.17, 15) is 4.79 Å². The van der Waals surface area contributed by atoms with Gasteiger partial charge in [0.25, 0.3) is 5.91 Å². The number of carbonyl (C=O) groups excluding carboxylic acids is 1.